The zero-order valence-corrected chi connectivity index (χ0v) is 18.1. The summed E-state index contributed by atoms with van der Waals surface area (Å²) in [7, 11) is 1.05. The van der Waals surface area contributed by atoms with Crippen LogP contribution in [0.5, 0.6) is 0 Å². The fraction of sp³-hybridized carbons (Fsp3) is 0.476. The first-order chi connectivity index (χ1) is 14.6. The predicted molar refractivity (Wildman–Crippen MR) is 110 cm³/mol. The number of hydrogen-bond acceptors (Lipinski definition) is 4. The molecule has 1 saturated heterocycles. The van der Waals surface area contributed by atoms with Gasteiger partial charge in [-0.05, 0) is 39.8 Å². The monoisotopic (exact) mass is 457 g/mol. The Balaban J connectivity index is 2.08. The van der Waals surface area contributed by atoms with Gasteiger partial charge in [-0.1, -0.05) is 0 Å². The standard InChI is InChI=1S/C21H23F4N3O4/c1-10-16(26(5)19(32)21(23,24)25)9-27(10)15-7-14-11(6-13(15)22)17(29)12(18(30)31)8-28(14)20(2,3)4/h6-8,10,16H,9H2,1-5H3,(H,30,31)/t10-,16+/m0/s1. The first-order valence-corrected chi connectivity index (χ1v) is 9.79. The Morgan fingerprint density at radius 1 is 1.19 bits per heavy atom. The van der Waals surface area contributed by atoms with Crippen LogP contribution in [0.25, 0.3) is 10.9 Å². The van der Waals surface area contributed by atoms with E-state index in [1.807, 2.05) is 0 Å². The topological polar surface area (TPSA) is 82.8 Å². The van der Waals surface area contributed by atoms with Crippen molar-refractivity contribution in [3.8, 4) is 0 Å². The maximum atomic E-state index is 15.0. The summed E-state index contributed by atoms with van der Waals surface area (Å²) in [6.07, 6.45) is -3.81. The van der Waals surface area contributed by atoms with Crippen molar-refractivity contribution in [1.82, 2.24) is 9.47 Å². The molecule has 174 valence electrons. The van der Waals surface area contributed by atoms with E-state index in [-0.39, 0.29) is 17.6 Å². The summed E-state index contributed by atoms with van der Waals surface area (Å²) >= 11 is 0. The van der Waals surface area contributed by atoms with Crippen LogP contribution in [0.4, 0.5) is 23.2 Å². The number of aromatic carboxylic acids is 1. The lowest BCUT2D eigenvalue weighted by molar-refractivity contribution is -0.187. The summed E-state index contributed by atoms with van der Waals surface area (Å²) in [5.41, 5.74) is -1.64. The molecule has 1 fully saturated rings. The Labute approximate surface area is 180 Å². The SMILES string of the molecule is C[C@H]1[C@H](N(C)C(=O)C(F)(F)F)CN1c1cc2c(cc1F)c(=O)c(C(=O)O)cn2C(C)(C)C. The van der Waals surface area contributed by atoms with Gasteiger partial charge in [-0.3, -0.25) is 9.59 Å². The van der Waals surface area contributed by atoms with Gasteiger partial charge >= 0.3 is 18.1 Å². The third kappa shape index (κ3) is 3.80. The molecule has 1 aliphatic heterocycles. The summed E-state index contributed by atoms with van der Waals surface area (Å²) in [4.78, 5) is 37.8. The van der Waals surface area contributed by atoms with E-state index in [2.05, 4.69) is 0 Å². The molecule has 1 aromatic carbocycles. The number of carbonyl (C=O) groups excluding carboxylic acids is 1. The molecule has 7 nitrogen and oxygen atoms in total. The molecule has 0 spiro atoms. The summed E-state index contributed by atoms with van der Waals surface area (Å²) < 4.78 is 54.8. The molecule has 0 aliphatic carbocycles. The fourth-order valence-corrected chi connectivity index (χ4v) is 3.97. The van der Waals surface area contributed by atoms with E-state index in [1.165, 1.54) is 17.2 Å². The van der Waals surface area contributed by atoms with Gasteiger partial charge in [0.25, 0.3) is 0 Å². The molecule has 2 heterocycles. The molecule has 2 atom stereocenters. The lowest BCUT2D eigenvalue weighted by atomic mass is 9.94. The van der Waals surface area contributed by atoms with Gasteiger partial charge in [0, 0.05) is 36.8 Å². The van der Waals surface area contributed by atoms with E-state index in [1.54, 1.807) is 32.3 Å². The van der Waals surface area contributed by atoms with Crippen LogP contribution >= 0.6 is 0 Å². The molecule has 1 N–H and O–H groups in total. The number of hydrogen-bond donors (Lipinski definition) is 1. The average molecular weight is 457 g/mol. The van der Waals surface area contributed by atoms with E-state index in [0.717, 1.165) is 13.1 Å². The highest BCUT2D eigenvalue weighted by Gasteiger charge is 2.48. The zero-order chi connectivity index (χ0) is 24.3. The number of halogens is 4. The molecular formula is C21H23F4N3O4. The minimum Gasteiger partial charge on any atom is -0.477 e. The second kappa shape index (κ2) is 7.49. The molecule has 0 saturated carbocycles. The fourth-order valence-electron chi connectivity index (χ4n) is 3.97. The number of anilines is 1. The summed E-state index contributed by atoms with van der Waals surface area (Å²) in [6, 6.07) is 0.942. The molecule has 0 bridgehead atoms. The van der Waals surface area contributed by atoms with Gasteiger partial charge in [0.1, 0.15) is 11.4 Å². The molecule has 0 unspecified atom stereocenters. The molecule has 3 rings (SSSR count). The third-order valence-corrected chi connectivity index (χ3v) is 5.83. The molecule has 1 aromatic heterocycles. The van der Waals surface area contributed by atoms with Gasteiger partial charge in [0.05, 0.1) is 17.2 Å². The number of pyridine rings is 1. The van der Waals surface area contributed by atoms with E-state index in [9.17, 15) is 37.1 Å². The quantitative estimate of drug-likeness (QED) is 0.716. The van der Waals surface area contributed by atoms with E-state index >= 15 is 0 Å². The smallest absolute Gasteiger partial charge is 0.471 e. The van der Waals surface area contributed by atoms with Crippen molar-refractivity contribution in [2.75, 3.05) is 18.5 Å². The Morgan fingerprint density at radius 2 is 1.78 bits per heavy atom. The summed E-state index contributed by atoms with van der Waals surface area (Å²) in [6.45, 7) is 6.89. The van der Waals surface area contributed by atoms with Gasteiger partial charge in [-0.15, -0.1) is 0 Å². The van der Waals surface area contributed by atoms with Crippen LogP contribution < -0.4 is 10.3 Å². The third-order valence-electron chi connectivity index (χ3n) is 5.83. The van der Waals surface area contributed by atoms with Crippen LogP contribution in [0.3, 0.4) is 0 Å². The van der Waals surface area contributed by atoms with Crippen LogP contribution in [0, 0.1) is 5.82 Å². The van der Waals surface area contributed by atoms with Crippen molar-refractivity contribution in [1.29, 1.82) is 0 Å². The van der Waals surface area contributed by atoms with Gasteiger partial charge in [0.2, 0.25) is 5.43 Å². The molecule has 1 amide bonds. The Bertz CT molecular complexity index is 1170. The number of carbonyl (C=O) groups is 2. The van der Waals surface area contributed by atoms with Crippen LogP contribution in [0.15, 0.2) is 23.1 Å². The number of amides is 1. The van der Waals surface area contributed by atoms with Gasteiger partial charge < -0.3 is 19.5 Å². The van der Waals surface area contributed by atoms with Gasteiger partial charge in [0.15, 0.2) is 0 Å². The zero-order valence-electron chi connectivity index (χ0n) is 18.1. The minimum absolute atomic E-state index is 0.0329. The number of rotatable bonds is 3. The van der Waals surface area contributed by atoms with Crippen molar-refractivity contribution in [2.45, 2.75) is 51.5 Å². The van der Waals surface area contributed by atoms with Crippen molar-refractivity contribution in [2.24, 2.45) is 0 Å². The van der Waals surface area contributed by atoms with Crippen molar-refractivity contribution in [3.63, 3.8) is 0 Å². The number of nitrogens with zero attached hydrogens (tertiary/aromatic N) is 3. The number of alkyl halides is 3. The van der Waals surface area contributed by atoms with Crippen LogP contribution in [0.2, 0.25) is 0 Å². The molecule has 11 heteroatoms. The van der Waals surface area contributed by atoms with Crippen molar-refractivity contribution >= 4 is 28.5 Å². The Hall–Kier alpha value is -3.11. The molecule has 0 radical (unpaired) electrons. The van der Waals surface area contributed by atoms with Crippen LogP contribution in [-0.2, 0) is 10.3 Å². The highest BCUT2D eigenvalue weighted by Crippen LogP contribution is 2.35. The number of benzene rings is 1. The number of carboxylic acid groups (broad SMARTS) is 1. The average Bonchev–Trinajstić information content (AvgIpc) is 2.65. The van der Waals surface area contributed by atoms with E-state index in [4.69, 9.17) is 0 Å². The van der Waals surface area contributed by atoms with E-state index in [0.29, 0.717) is 10.4 Å². The highest BCUT2D eigenvalue weighted by atomic mass is 19.4. The van der Waals surface area contributed by atoms with Gasteiger partial charge in [-0.25, -0.2) is 9.18 Å². The lowest BCUT2D eigenvalue weighted by Crippen LogP contribution is -2.67. The molecular weight excluding hydrogens is 434 g/mol. The van der Waals surface area contributed by atoms with Crippen LogP contribution in [-0.4, -0.2) is 58.3 Å². The minimum atomic E-state index is -5.01. The summed E-state index contributed by atoms with van der Waals surface area (Å²) in [5.74, 6) is -4.22. The number of fused-ring (bicyclic) bond motifs is 1. The second-order valence-electron chi connectivity index (χ2n) is 8.91. The van der Waals surface area contributed by atoms with Gasteiger partial charge in [-0.2, -0.15) is 13.2 Å². The van der Waals surface area contributed by atoms with Crippen molar-refractivity contribution in [3.05, 3.63) is 39.9 Å². The molecule has 1 aliphatic rings. The predicted octanol–water partition coefficient (Wildman–Crippen LogP) is 3.19. The largest absolute Gasteiger partial charge is 0.477 e. The first kappa shape index (κ1) is 23.6. The highest BCUT2D eigenvalue weighted by molar-refractivity contribution is 5.93. The van der Waals surface area contributed by atoms with Crippen molar-refractivity contribution < 1.29 is 32.3 Å². The number of likely N-dealkylation sites (N-methyl/N-ethyl adjacent to an activating group) is 1. The summed E-state index contributed by atoms with van der Waals surface area (Å²) in [5, 5.41) is 9.25. The number of aromatic nitrogens is 1. The maximum Gasteiger partial charge on any atom is 0.471 e. The first-order valence-electron chi connectivity index (χ1n) is 9.79. The molecule has 32 heavy (non-hydrogen) atoms. The van der Waals surface area contributed by atoms with Crippen LogP contribution in [0.1, 0.15) is 38.1 Å². The maximum absolute atomic E-state index is 15.0. The Kier molecular flexibility index (Phi) is 5.51. The second-order valence-corrected chi connectivity index (χ2v) is 8.91. The number of carboxylic acids is 1. The normalized spacial score (nSPS) is 19.1. The van der Waals surface area contributed by atoms with E-state index < -0.39 is 52.5 Å². The Morgan fingerprint density at radius 3 is 2.25 bits per heavy atom. The molecule has 2 aromatic rings. The lowest BCUT2D eigenvalue weighted by Gasteiger charge is -2.51.